The van der Waals surface area contributed by atoms with Gasteiger partial charge in [0, 0.05) is 18.8 Å². The lowest BCUT2D eigenvalue weighted by atomic mass is 9.85. The summed E-state index contributed by atoms with van der Waals surface area (Å²) in [6, 6.07) is 6.89. The van der Waals surface area contributed by atoms with E-state index in [9.17, 15) is 14.7 Å². The third-order valence-corrected chi connectivity index (χ3v) is 4.10. The third kappa shape index (κ3) is 3.35. The predicted octanol–water partition coefficient (Wildman–Crippen LogP) is 2.92. The molecule has 114 valence electrons. The van der Waals surface area contributed by atoms with E-state index in [1.807, 2.05) is 0 Å². The van der Waals surface area contributed by atoms with Crippen molar-refractivity contribution in [3.63, 3.8) is 0 Å². The number of carboxylic acids is 1. The molecule has 0 radical (unpaired) electrons. The standard InChI is InChI=1S/C16H22N2O3/c1-11-8-9-18(10-11)15(21)17-13-6-4-12(5-7-13)16(2,3)14(19)20/h4-7,11H,8-10H2,1-3H3,(H,17,21)(H,19,20). The highest BCUT2D eigenvalue weighted by Gasteiger charge is 2.29. The van der Waals surface area contributed by atoms with Crippen LogP contribution in [0.2, 0.25) is 0 Å². The number of nitrogens with one attached hydrogen (secondary N) is 1. The van der Waals surface area contributed by atoms with Crippen LogP contribution in [0, 0.1) is 5.92 Å². The van der Waals surface area contributed by atoms with E-state index >= 15 is 0 Å². The van der Waals surface area contributed by atoms with Crippen LogP contribution in [0.5, 0.6) is 0 Å². The highest BCUT2D eigenvalue weighted by atomic mass is 16.4. The summed E-state index contributed by atoms with van der Waals surface area (Å²) in [7, 11) is 0. The lowest BCUT2D eigenvalue weighted by Crippen LogP contribution is -2.33. The van der Waals surface area contributed by atoms with E-state index in [1.54, 1.807) is 43.0 Å². The number of benzene rings is 1. The van der Waals surface area contributed by atoms with E-state index in [0.717, 1.165) is 19.5 Å². The van der Waals surface area contributed by atoms with Crippen molar-refractivity contribution >= 4 is 17.7 Å². The van der Waals surface area contributed by atoms with Gasteiger partial charge in [-0.25, -0.2) is 4.79 Å². The summed E-state index contributed by atoms with van der Waals surface area (Å²) in [6.45, 7) is 7.03. The number of hydrogen-bond donors (Lipinski definition) is 2. The fourth-order valence-electron chi connectivity index (χ4n) is 2.42. The van der Waals surface area contributed by atoms with Crippen molar-refractivity contribution in [1.82, 2.24) is 4.90 Å². The minimum Gasteiger partial charge on any atom is -0.481 e. The molecule has 1 aliphatic heterocycles. The maximum Gasteiger partial charge on any atom is 0.321 e. The van der Waals surface area contributed by atoms with Gasteiger partial charge in [-0.2, -0.15) is 0 Å². The third-order valence-electron chi connectivity index (χ3n) is 4.10. The molecule has 2 rings (SSSR count). The molecule has 1 aromatic rings. The molecule has 0 aromatic heterocycles. The lowest BCUT2D eigenvalue weighted by molar-refractivity contribution is -0.142. The summed E-state index contributed by atoms with van der Waals surface area (Å²) in [5.41, 5.74) is 0.458. The Hall–Kier alpha value is -2.04. The first-order chi connectivity index (χ1) is 9.80. The number of amides is 2. The number of likely N-dealkylation sites (tertiary alicyclic amines) is 1. The average Bonchev–Trinajstić information content (AvgIpc) is 2.86. The molecule has 0 saturated carbocycles. The molecule has 1 atom stereocenters. The molecular formula is C16H22N2O3. The van der Waals surface area contributed by atoms with Crippen molar-refractivity contribution in [2.45, 2.75) is 32.6 Å². The van der Waals surface area contributed by atoms with Crippen LogP contribution < -0.4 is 5.32 Å². The van der Waals surface area contributed by atoms with Crippen LogP contribution in [-0.4, -0.2) is 35.1 Å². The quantitative estimate of drug-likeness (QED) is 0.899. The number of carboxylic acid groups (broad SMARTS) is 1. The number of carbonyl (C=O) groups excluding carboxylic acids is 1. The van der Waals surface area contributed by atoms with E-state index in [1.165, 1.54) is 0 Å². The number of carbonyl (C=O) groups is 2. The molecule has 1 aromatic carbocycles. The molecule has 0 spiro atoms. The first kappa shape index (κ1) is 15.4. The van der Waals surface area contributed by atoms with Gasteiger partial charge in [-0.3, -0.25) is 4.79 Å². The van der Waals surface area contributed by atoms with Crippen LogP contribution in [0.25, 0.3) is 0 Å². The van der Waals surface area contributed by atoms with Crippen LogP contribution in [0.15, 0.2) is 24.3 Å². The molecule has 21 heavy (non-hydrogen) atoms. The number of rotatable bonds is 3. The fourth-order valence-corrected chi connectivity index (χ4v) is 2.42. The molecule has 1 aliphatic rings. The molecule has 0 bridgehead atoms. The van der Waals surface area contributed by atoms with Crippen molar-refractivity contribution in [3.8, 4) is 0 Å². The molecule has 5 heteroatoms. The molecule has 1 saturated heterocycles. The van der Waals surface area contributed by atoms with Crippen molar-refractivity contribution in [2.75, 3.05) is 18.4 Å². The average molecular weight is 290 g/mol. The Kier molecular flexibility index (Phi) is 4.21. The number of anilines is 1. The minimum atomic E-state index is -0.938. The van der Waals surface area contributed by atoms with E-state index in [2.05, 4.69) is 12.2 Å². The Balaban J connectivity index is 2.03. The molecular weight excluding hydrogens is 268 g/mol. The molecule has 2 N–H and O–H groups in total. The number of hydrogen-bond acceptors (Lipinski definition) is 2. The summed E-state index contributed by atoms with van der Waals surface area (Å²) in [5, 5.41) is 12.1. The molecule has 1 fully saturated rings. The summed E-state index contributed by atoms with van der Waals surface area (Å²) >= 11 is 0. The van der Waals surface area contributed by atoms with Gasteiger partial charge in [0.2, 0.25) is 0 Å². The van der Waals surface area contributed by atoms with Gasteiger partial charge >= 0.3 is 12.0 Å². The van der Waals surface area contributed by atoms with Crippen LogP contribution in [0.4, 0.5) is 10.5 Å². The Bertz CT molecular complexity index is 537. The van der Waals surface area contributed by atoms with E-state index in [4.69, 9.17) is 0 Å². The fraction of sp³-hybridized carbons (Fsp3) is 0.500. The zero-order chi connectivity index (χ0) is 15.6. The van der Waals surface area contributed by atoms with Crippen LogP contribution in [-0.2, 0) is 10.2 Å². The highest BCUT2D eigenvalue weighted by Crippen LogP contribution is 2.25. The number of nitrogens with zero attached hydrogens (tertiary/aromatic N) is 1. The Morgan fingerprint density at radius 3 is 2.38 bits per heavy atom. The summed E-state index contributed by atoms with van der Waals surface area (Å²) < 4.78 is 0. The minimum absolute atomic E-state index is 0.0930. The van der Waals surface area contributed by atoms with Crippen molar-refractivity contribution < 1.29 is 14.7 Å². The largest absolute Gasteiger partial charge is 0.481 e. The van der Waals surface area contributed by atoms with Gasteiger partial charge in [-0.1, -0.05) is 19.1 Å². The van der Waals surface area contributed by atoms with Gasteiger partial charge in [-0.15, -0.1) is 0 Å². The van der Waals surface area contributed by atoms with Crippen LogP contribution >= 0.6 is 0 Å². The first-order valence-electron chi connectivity index (χ1n) is 7.20. The van der Waals surface area contributed by atoms with E-state index < -0.39 is 11.4 Å². The predicted molar refractivity (Wildman–Crippen MR) is 81.5 cm³/mol. The van der Waals surface area contributed by atoms with Gasteiger partial charge in [-0.05, 0) is 43.9 Å². The summed E-state index contributed by atoms with van der Waals surface area (Å²) in [5.74, 6) is -0.320. The van der Waals surface area contributed by atoms with Crippen molar-refractivity contribution in [2.24, 2.45) is 5.92 Å². The number of urea groups is 1. The van der Waals surface area contributed by atoms with E-state index in [-0.39, 0.29) is 6.03 Å². The summed E-state index contributed by atoms with van der Waals surface area (Å²) in [4.78, 5) is 25.1. The lowest BCUT2D eigenvalue weighted by Gasteiger charge is -2.20. The van der Waals surface area contributed by atoms with Crippen LogP contribution in [0.1, 0.15) is 32.8 Å². The maximum atomic E-state index is 12.1. The normalized spacial score (nSPS) is 18.6. The second-order valence-corrected chi connectivity index (χ2v) is 6.28. The zero-order valence-electron chi connectivity index (χ0n) is 12.7. The highest BCUT2D eigenvalue weighted by molar-refractivity contribution is 5.89. The molecule has 5 nitrogen and oxygen atoms in total. The zero-order valence-corrected chi connectivity index (χ0v) is 12.7. The van der Waals surface area contributed by atoms with Gasteiger partial charge in [0.15, 0.2) is 0 Å². The topological polar surface area (TPSA) is 69.6 Å². The number of aliphatic carboxylic acids is 1. The van der Waals surface area contributed by atoms with Crippen molar-refractivity contribution in [3.05, 3.63) is 29.8 Å². The van der Waals surface area contributed by atoms with Gasteiger partial charge in [0.1, 0.15) is 0 Å². The van der Waals surface area contributed by atoms with E-state index in [0.29, 0.717) is 17.2 Å². The smallest absolute Gasteiger partial charge is 0.321 e. The van der Waals surface area contributed by atoms with Gasteiger partial charge in [0.25, 0.3) is 0 Å². The summed E-state index contributed by atoms with van der Waals surface area (Å²) in [6.07, 6.45) is 1.04. The second kappa shape index (κ2) is 5.76. The maximum absolute atomic E-state index is 12.1. The molecule has 1 heterocycles. The van der Waals surface area contributed by atoms with Gasteiger partial charge < -0.3 is 15.3 Å². The first-order valence-corrected chi connectivity index (χ1v) is 7.20. The monoisotopic (exact) mass is 290 g/mol. The van der Waals surface area contributed by atoms with Crippen LogP contribution in [0.3, 0.4) is 0 Å². The molecule has 2 amide bonds. The SMILES string of the molecule is CC1CCN(C(=O)Nc2ccc(C(C)(C)C(=O)O)cc2)C1. The Morgan fingerprint density at radius 1 is 1.29 bits per heavy atom. The second-order valence-electron chi connectivity index (χ2n) is 6.28. The van der Waals surface area contributed by atoms with Crippen molar-refractivity contribution in [1.29, 1.82) is 0 Å². The van der Waals surface area contributed by atoms with Gasteiger partial charge in [0.05, 0.1) is 5.41 Å². The Labute approximate surface area is 125 Å². The Morgan fingerprint density at radius 2 is 1.90 bits per heavy atom. The molecule has 0 aliphatic carbocycles. The molecule has 1 unspecified atom stereocenters.